The number of tetrazole rings is 1. The van der Waals surface area contributed by atoms with E-state index in [0.29, 0.717) is 0 Å². The molecule has 1 saturated carbocycles. The summed E-state index contributed by atoms with van der Waals surface area (Å²) in [7, 11) is 4.64. The van der Waals surface area contributed by atoms with Crippen LogP contribution in [0.15, 0.2) is 48.5 Å². The van der Waals surface area contributed by atoms with Gasteiger partial charge in [-0.2, -0.15) is 0 Å². The molecule has 1 saturated heterocycles. The Labute approximate surface area is 223 Å². The Balaban J connectivity index is 0.00000164. The summed E-state index contributed by atoms with van der Waals surface area (Å²) in [5.74, 6) is 2.42. The quantitative estimate of drug-likeness (QED) is 0.419. The number of nitrogens with zero attached hydrogens (tertiary/aromatic N) is 6. The van der Waals surface area contributed by atoms with Gasteiger partial charge >= 0.3 is 0 Å². The van der Waals surface area contributed by atoms with E-state index in [4.69, 9.17) is 10.8 Å². The van der Waals surface area contributed by atoms with E-state index in [1.165, 1.54) is 45.1 Å². The molecule has 0 radical (unpaired) electrons. The monoisotopic (exact) mass is 507 g/mol. The van der Waals surface area contributed by atoms with Gasteiger partial charge in [0.2, 0.25) is 0 Å². The van der Waals surface area contributed by atoms with E-state index in [-0.39, 0.29) is 6.04 Å². The zero-order valence-corrected chi connectivity index (χ0v) is 22.6. The lowest BCUT2D eigenvalue weighted by molar-refractivity contribution is 0.0618. The molecule has 8 nitrogen and oxygen atoms in total. The SMILES string of the molecule is COc1cc(OC)cc(C(c2nnnn2CCc2ccccc2)N2CCN(C3CCCCC3)CC2)c1.[2H]C. The third-order valence-electron chi connectivity index (χ3n) is 7.75. The summed E-state index contributed by atoms with van der Waals surface area (Å²) in [6.45, 7) is 4.84. The first-order chi connectivity index (χ1) is 18.7. The Kier molecular flexibility index (Phi) is 9.03. The van der Waals surface area contributed by atoms with Crippen molar-refractivity contribution in [3.63, 3.8) is 0 Å². The number of hydrogen-bond donors (Lipinski definition) is 0. The average Bonchev–Trinajstić information content (AvgIpc) is 3.46. The van der Waals surface area contributed by atoms with Crippen molar-refractivity contribution in [3.05, 3.63) is 65.5 Å². The summed E-state index contributed by atoms with van der Waals surface area (Å²) in [5, 5.41) is 13.1. The van der Waals surface area contributed by atoms with Gasteiger partial charge in [-0.3, -0.25) is 9.80 Å². The van der Waals surface area contributed by atoms with E-state index in [9.17, 15) is 0 Å². The fraction of sp³-hybridized carbons (Fsp3) is 0.552. The predicted molar refractivity (Wildman–Crippen MR) is 146 cm³/mol. The van der Waals surface area contributed by atoms with Crippen LogP contribution in [0.3, 0.4) is 0 Å². The fourth-order valence-corrected chi connectivity index (χ4v) is 5.76. The molecule has 0 spiro atoms. The van der Waals surface area contributed by atoms with E-state index in [1.807, 2.05) is 16.8 Å². The molecule has 1 atom stereocenters. The highest BCUT2D eigenvalue weighted by Crippen LogP contribution is 2.34. The van der Waals surface area contributed by atoms with Crippen molar-refractivity contribution < 1.29 is 10.8 Å². The number of aromatic nitrogens is 4. The number of ether oxygens (including phenoxy) is 2. The number of aryl methyl sites for hydroxylation is 2. The molecule has 2 fully saturated rings. The van der Waals surface area contributed by atoms with Gasteiger partial charge in [0.15, 0.2) is 5.82 Å². The molecule has 0 bridgehead atoms. The lowest BCUT2D eigenvalue weighted by atomic mass is 9.93. The smallest absolute Gasteiger partial charge is 0.173 e. The normalized spacial score (nSPS) is 18.4. The molecule has 2 heterocycles. The molecule has 5 rings (SSSR count). The minimum absolute atomic E-state index is 0.0757. The van der Waals surface area contributed by atoms with E-state index < -0.39 is 0 Å². The van der Waals surface area contributed by atoms with Gasteiger partial charge in [-0.15, -0.1) is 5.10 Å². The van der Waals surface area contributed by atoms with Crippen LogP contribution in [0, 0.1) is 0 Å². The van der Waals surface area contributed by atoms with Gasteiger partial charge in [-0.25, -0.2) is 4.68 Å². The van der Waals surface area contributed by atoms with Crippen LogP contribution in [-0.2, 0) is 13.0 Å². The van der Waals surface area contributed by atoms with Crippen molar-refractivity contribution in [2.24, 2.45) is 0 Å². The Morgan fingerprint density at radius 2 is 1.62 bits per heavy atom. The highest BCUT2D eigenvalue weighted by molar-refractivity contribution is 5.41. The summed E-state index contributed by atoms with van der Waals surface area (Å²) < 4.78 is 19.0. The maximum absolute atomic E-state index is 5.75. The molecular formula is C29H42N6O2. The molecule has 37 heavy (non-hydrogen) atoms. The Hall–Kier alpha value is -2.97. The second-order valence-electron chi connectivity index (χ2n) is 9.91. The van der Waals surface area contributed by atoms with Gasteiger partial charge in [-0.05, 0) is 52.9 Å². The minimum atomic E-state index is -0.0757. The fourth-order valence-electron chi connectivity index (χ4n) is 5.76. The summed E-state index contributed by atoms with van der Waals surface area (Å²) in [6.07, 6.45) is 7.69. The number of benzene rings is 2. The van der Waals surface area contributed by atoms with Crippen molar-refractivity contribution in [3.8, 4) is 11.5 Å². The van der Waals surface area contributed by atoms with Gasteiger partial charge in [-0.1, -0.05) is 57.0 Å². The molecule has 2 aliphatic rings. The van der Waals surface area contributed by atoms with Crippen molar-refractivity contribution in [1.82, 2.24) is 30.0 Å². The van der Waals surface area contributed by atoms with Gasteiger partial charge in [0.25, 0.3) is 0 Å². The number of piperazine rings is 1. The highest BCUT2D eigenvalue weighted by atomic mass is 16.5. The van der Waals surface area contributed by atoms with Crippen LogP contribution in [-0.4, -0.2) is 76.4 Å². The first kappa shape index (κ1) is 25.7. The molecule has 200 valence electrons. The average molecular weight is 508 g/mol. The van der Waals surface area contributed by atoms with Crippen molar-refractivity contribution >= 4 is 0 Å². The van der Waals surface area contributed by atoms with E-state index in [0.717, 1.165) is 68.1 Å². The lowest BCUT2D eigenvalue weighted by Gasteiger charge is -2.43. The highest BCUT2D eigenvalue weighted by Gasteiger charge is 2.33. The second kappa shape index (κ2) is 13.0. The number of rotatable bonds is 9. The molecule has 0 amide bonds. The Morgan fingerprint density at radius 3 is 2.27 bits per heavy atom. The summed E-state index contributed by atoms with van der Waals surface area (Å²) >= 11 is 0. The molecule has 1 aliphatic carbocycles. The van der Waals surface area contributed by atoms with Crippen molar-refractivity contribution in [2.45, 2.75) is 64.6 Å². The molecule has 2 aromatic carbocycles. The Morgan fingerprint density at radius 1 is 0.946 bits per heavy atom. The largest absolute Gasteiger partial charge is 0.497 e. The molecule has 1 unspecified atom stereocenters. The maximum Gasteiger partial charge on any atom is 0.173 e. The van der Waals surface area contributed by atoms with Gasteiger partial charge in [0.05, 0.1) is 20.3 Å². The van der Waals surface area contributed by atoms with Gasteiger partial charge < -0.3 is 9.47 Å². The molecule has 1 aromatic heterocycles. The van der Waals surface area contributed by atoms with Gasteiger partial charge in [0.1, 0.15) is 11.5 Å². The Bertz CT molecular complexity index is 1080. The van der Waals surface area contributed by atoms with Crippen LogP contribution in [0.4, 0.5) is 0 Å². The van der Waals surface area contributed by atoms with Crippen LogP contribution >= 0.6 is 0 Å². The maximum atomic E-state index is 5.75. The summed E-state index contributed by atoms with van der Waals surface area (Å²) in [4.78, 5) is 5.23. The lowest BCUT2D eigenvalue weighted by Crippen LogP contribution is -2.52. The molecular weight excluding hydrogens is 464 g/mol. The van der Waals surface area contributed by atoms with Gasteiger partial charge in [0, 0.05) is 46.2 Å². The summed E-state index contributed by atoms with van der Waals surface area (Å²) in [5.41, 5.74) is 2.37. The molecule has 1 aliphatic heterocycles. The topological polar surface area (TPSA) is 68.5 Å². The van der Waals surface area contributed by atoms with E-state index >= 15 is 0 Å². The zero-order chi connectivity index (χ0) is 26.7. The molecule has 0 N–H and O–H groups in total. The van der Waals surface area contributed by atoms with E-state index in [2.05, 4.69) is 61.7 Å². The standard InChI is InChI=1S/C28H38N6O2.CH4/c1-35-25-19-23(20-26(21-25)36-2)27(33-17-15-32(16-18-33)24-11-7-4-8-12-24)28-29-30-31-34(28)14-13-22-9-5-3-6-10-22;/h3,5-6,9-10,19-21,24,27H,4,7-8,11-18H2,1-2H3;1H4/i;1D. The first-order valence-electron chi connectivity index (χ1n) is 14.3. The van der Waals surface area contributed by atoms with Crippen LogP contribution in [0.25, 0.3) is 0 Å². The van der Waals surface area contributed by atoms with Crippen LogP contribution in [0.5, 0.6) is 11.5 Å². The first-order valence-corrected chi connectivity index (χ1v) is 13.3. The zero-order valence-electron chi connectivity index (χ0n) is 23.6. The minimum Gasteiger partial charge on any atom is -0.497 e. The molecule has 8 heteroatoms. The molecule has 3 aromatic rings. The third kappa shape index (κ3) is 6.48. The van der Waals surface area contributed by atoms with Crippen molar-refractivity contribution in [2.75, 3.05) is 40.4 Å². The number of hydrogen-bond acceptors (Lipinski definition) is 7. The second-order valence-corrected chi connectivity index (χ2v) is 9.91. The third-order valence-corrected chi connectivity index (χ3v) is 7.75. The predicted octanol–water partition coefficient (Wildman–Crippen LogP) is 4.61. The number of methoxy groups -OCH3 is 2. The van der Waals surface area contributed by atoms with Crippen LogP contribution < -0.4 is 9.47 Å². The van der Waals surface area contributed by atoms with E-state index in [1.54, 1.807) is 14.2 Å². The van der Waals surface area contributed by atoms with Crippen LogP contribution in [0.2, 0.25) is 0 Å². The van der Waals surface area contributed by atoms with Crippen molar-refractivity contribution in [1.29, 1.82) is 0 Å². The summed E-state index contributed by atoms with van der Waals surface area (Å²) in [6, 6.07) is 17.3. The van der Waals surface area contributed by atoms with Crippen LogP contribution in [0.1, 0.15) is 63.9 Å².